The molecule has 2 aromatic rings. The highest BCUT2D eigenvalue weighted by atomic mass is 16.1. The molecule has 0 unspecified atom stereocenters. The van der Waals surface area contributed by atoms with E-state index in [-0.39, 0.29) is 11.7 Å². The Morgan fingerprint density at radius 2 is 2.36 bits per heavy atom. The molecule has 1 fully saturated rings. The average molecular weight is 187 g/mol. The van der Waals surface area contributed by atoms with E-state index < -0.39 is 0 Å². The van der Waals surface area contributed by atoms with Crippen molar-refractivity contribution in [2.75, 3.05) is 0 Å². The van der Waals surface area contributed by atoms with Gasteiger partial charge < -0.3 is 0 Å². The van der Waals surface area contributed by atoms with Crippen molar-refractivity contribution in [3.8, 4) is 0 Å². The van der Waals surface area contributed by atoms with Crippen LogP contribution in [0.5, 0.6) is 0 Å². The first-order valence-electron chi connectivity index (χ1n) is 4.68. The summed E-state index contributed by atoms with van der Waals surface area (Å²) < 4.78 is 0. The number of hydrogen-bond acceptors (Lipinski definition) is 3. The average Bonchev–Trinajstić information content (AvgIpc) is 2.97. The Labute approximate surface area is 80.3 Å². The molecule has 0 bridgehead atoms. The third-order valence-corrected chi connectivity index (χ3v) is 2.55. The van der Waals surface area contributed by atoms with Gasteiger partial charge in [0.25, 0.3) is 0 Å². The van der Waals surface area contributed by atoms with E-state index in [1.54, 1.807) is 18.5 Å². The summed E-state index contributed by atoms with van der Waals surface area (Å²) in [4.78, 5) is 15.8. The maximum absolute atomic E-state index is 11.8. The van der Waals surface area contributed by atoms with Crippen molar-refractivity contribution in [2.24, 2.45) is 5.92 Å². The van der Waals surface area contributed by atoms with Gasteiger partial charge in [0, 0.05) is 23.7 Å². The zero-order valence-electron chi connectivity index (χ0n) is 7.53. The molecule has 0 spiro atoms. The minimum absolute atomic E-state index is 0.181. The Balaban J connectivity index is 2.16. The first kappa shape index (κ1) is 7.67. The summed E-state index contributed by atoms with van der Waals surface area (Å²) in [5.41, 5.74) is 1.43. The lowest BCUT2D eigenvalue weighted by Crippen LogP contribution is -2.02. The maximum Gasteiger partial charge on any atom is 0.184 e. The fourth-order valence-electron chi connectivity index (χ4n) is 1.59. The van der Waals surface area contributed by atoms with E-state index in [1.807, 2.05) is 0 Å². The molecule has 4 nitrogen and oxygen atoms in total. The van der Waals surface area contributed by atoms with Crippen LogP contribution in [-0.2, 0) is 0 Å². The molecule has 0 aliphatic heterocycles. The molecule has 0 aromatic carbocycles. The largest absolute Gasteiger partial charge is 0.292 e. The van der Waals surface area contributed by atoms with Crippen LogP contribution in [0.3, 0.4) is 0 Å². The molecule has 0 saturated heterocycles. The van der Waals surface area contributed by atoms with Crippen LogP contribution in [0.15, 0.2) is 18.5 Å². The smallest absolute Gasteiger partial charge is 0.184 e. The minimum Gasteiger partial charge on any atom is -0.292 e. The molecule has 14 heavy (non-hydrogen) atoms. The number of nitrogens with zero attached hydrogens (tertiary/aromatic N) is 2. The van der Waals surface area contributed by atoms with E-state index in [4.69, 9.17) is 0 Å². The zero-order chi connectivity index (χ0) is 9.54. The Kier molecular flexibility index (Phi) is 1.45. The number of H-pyrrole nitrogens is 1. The van der Waals surface area contributed by atoms with Crippen molar-refractivity contribution in [1.29, 1.82) is 0 Å². The van der Waals surface area contributed by atoms with Crippen LogP contribution in [-0.4, -0.2) is 21.0 Å². The predicted octanol–water partition coefficient (Wildman–Crippen LogP) is 1.55. The molecule has 70 valence electrons. The molecule has 1 N–H and O–H groups in total. The molecule has 0 radical (unpaired) electrons. The highest BCUT2D eigenvalue weighted by molar-refractivity contribution is 6.07. The summed E-state index contributed by atoms with van der Waals surface area (Å²) in [7, 11) is 0. The van der Waals surface area contributed by atoms with Crippen LogP contribution >= 0.6 is 0 Å². The topological polar surface area (TPSA) is 58.6 Å². The molecule has 0 atom stereocenters. The highest BCUT2D eigenvalue weighted by Crippen LogP contribution is 2.33. The number of ketones is 1. The van der Waals surface area contributed by atoms with E-state index in [2.05, 4.69) is 15.2 Å². The Morgan fingerprint density at radius 1 is 1.50 bits per heavy atom. The fourth-order valence-corrected chi connectivity index (χ4v) is 1.59. The maximum atomic E-state index is 11.8. The predicted molar refractivity (Wildman–Crippen MR) is 50.9 cm³/mol. The first-order valence-corrected chi connectivity index (χ1v) is 4.68. The van der Waals surface area contributed by atoms with Gasteiger partial charge in [0.1, 0.15) is 5.69 Å². The molecule has 2 aromatic heterocycles. The highest BCUT2D eigenvalue weighted by Gasteiger charge is 2.32. The zero-order valence-corrected chi connectivity index (χ0v) is 7.53. The van der Waals surface area contributed by atoms with Crippen LogP contribution in [0.1, 0.15) is 23.3 Å². The van der Waals surface area contributed by atoms with Gasteiger partial charge in [-0.3, -0.25) is 14.9 Å². The van der Waals surface area contributed by atoms with Crippen LogP contribution < -0.4 is 0 Å². The van der Waals surface area contributed by atoms with Gasteiger partial charge in [-0.1, -0.05) is 0 Å². The molecule has 3 rings (SSSR count). The van der Waals surface area contributed by atoms with E-state index in [0.717, 1.165) is 23.7 Å². The third-order valence-electron chi connectivity index (χ3n) is 2.55. The molecule has 4 heteroatoms. The SMILES string of the molecule is O=C(c1[nH]nc2ccncc12)C1CC1. The van der Waals surface area contributed by atoms with E-state index in [1.165, 1.54) is 0 Å². The number of pyridine rings is 1. The van der Waals surface area contributed by atoms with E-state index in [0.29, 0.717) is 5.69 Å². The van der Waals surface area contributed by atoms with E-state index in [9.17, 15) is 4.79 Å². The number of rotatable bonds is 2. The lowest BCUT2D eigenvalue weighted by Gasteiger charge is -1.93. The van der Waals surface area contributed by atoms with Crippen LogP contribution in [0.4, 0.5) is 0 Å². The Hall–Kier alpha value is -1.71. The summed E-state index contributed by atoms with van der Waals surface area (Å²) in [5.74, 6) is 0.402. The lowest BCUT2D eigenvalue weighted by molar-refractivity contribution is 0.0964. The Bertz CT molecular complexity index is 499. The normalized spacial score (nSPS) is 16.0. The number of carbonyl (C=O) groups is 1. The van der Waals surface area contributed by atoms with Crippen LogP contribution in [0.25, 0.3) is 10.9 Å². The standard InChI is InChI=1S/C10H9N3O/c14-10(6-1-2-6)9-7-5-11-4-3-8(7)12-13-9/h3-6H,1-2H2,(H,12,13). The quantitative estimate of drug-likeness (QED) is 0.725. The van der Waals surface area contributed by atoms with Crippen LogP contribution in [0.2, 0.25) is 0 Å². The van der Waals surface area contributed by atoms with Gasteiger partial charge in [0.15, 0.2) is 5.78 Å². The summed E-state index contributed by atoms with van der Waals surface area (Å²) in [6.45, 7) is 0. The fraction of sp³-hybridized carbons (Fsp3) is 0.300. The molecule has 1 aliphatic rings. The number of hydrogen-bond donors (Lipinski definition) is 1. The number of nitrogens with one attached hydrogen (secondary N) is 1. The van der Waals surface area contributed by atoms with Gasteiger partial charge in [0.05, 0.1) is 5.52 Å². The number of carbonyl (C=O) groups excluding carboxylic acids is 1. The van der Waals surface area contributed by atoms with Gasteiger partial charge in [-0.25, -0.2) is 0 Å². The number of aromatic nitrogens is 3. The Morgan fingerprint density at radius 3 is 3.14 bits per heavy atom. The number of aromatic amines is 1. The molecular formula is C10H9N3O. The molecule has 1 aliphatic carbocycles. The third kappa shape index (κ3) is 1.04. The van der Waals surface area contributed by atoms with Crippen molar-refractivity contribution >= 4 is 16.7 Å². The van der Waals surface area contributed by atoms with Crippen molar-refractivity contribution in [3.63, 3.8) is 0 Å². The lowest BCUT2D eigenvalue weighted by atomic mass is 10.1. The second-order valence-electron chi connectivity index (χ2n) is 3.63. The first-order chi connectivity index (χ1) is 6.86. The van der Waals surface area contributed by atoms with Gasteiger partial charge in [0.2, 0.25) is 0 Å². The molecule has 2 heterocycles. The van der Waals surface area contributed by atoms with E-state index >= 15 is 0 Å². The summed E-state index contributed by atoms with van der Waals surface area (Å²) in [6.07, 6.45) is 5.39. The number of fused-ring (bicyclic) bond motifs is 1. The summed E-state index contributed by atoms with van der Waals surface area (Å²) in [5, 5.41) is 7.70. The van der Waals surface area contributed by atoms with Crippen molar-refractivity contribution in [2.45, 2.75) is 12.8 Å². The number of Topliss-reactive ketones (excluding diaryl/α,β-unsaturated/α-hetero) is 1. The van der Waals surface area contributed by atoms with Gasteiger partial charge in [-0.05, 0) is 18.9 Å². The summed E-state index contributed by atoms with van der Waals surface area (Å²) in [6, 6.07) is 1.80. The van der Waals surface area contributed by atoms with Crippen LogP contribution in [0, 0.1) is 5.92 Å². The van der Waals surface area contributed by atoms with Gasteiger partial charge in [-0.2, -0.15) is 5.10 Å². The second kappa shape index (κ2) is 2.64. The molecule has 1 saturated carbocycles. The van der Waals surface area contributed by atoms with Gasteiger partial charge >= 0.3 is 0 Å². The second-order valence-corrected chi connectivity index (χ2v) is 3.63. The molecule has 0 amide bonds. The van der Waals surface area contributed by atoms with Crippen molar-refractivity contribution in [3.05, 3.63) is 24.2 Å². The van der Waals surface area contributed by atoms with Gasteiger partial charge in [-0.15, -0.1) is 0 Å². The minimum atomic E-state index is 0.181. The summed E-state index contributed by atoms with van der Waals surface area (Å²) >= 11 is 0. The van der Waals surface area contributed by atoms with Crippen molar-refractivity contribution < 1.29 is 4.79 Å². The van der Waals surface area contributed by atoms with Crippen molar-refractivity contribution in [1.82, 2.24) is 15.2 Å². The molecular weight excluding hydrogens is 178 g/mol. The monoisotopic (exact) mass is 187 g/mol.